The third kappa shape index (κ3) is 4.09. The first-order valence-corrected chi connectivity index (χ1v) is 8.57. The molecule has 2 rings (SSSR count). The van der Waals surface area contributed by atoms with E-state index in [1.165, 1.54) is 6.07 Å². The summed E-state index contributed by atoms with van der Waals surface area (Å²) in [6, 6.07) is 4.94. The summed E-state index contributed by atoms with van der Waals surface area (Å²) >= 11 is 0. The summed E-state index contributed by atoms with van der Waals surface area (Å²) < 4.78 is 34.1. The molecule has 0 radical (unpaired) electrons. The lowest BCUT2D eigenvalue weighted by atomic mass is 10.1. The van der Waals surface area contributed by atoms with Crippen molar-refractivity contribution in [3.63, 3.8) is 0 Å². The lowest BCUT2D eigenvalue weighted by Gasteiger charge is -2.23. The van der Waals surface area contributed by atoms with Crippen molar-refractivity contribution in [2.45, 2.75) is 37.2 Å². The highest BCUT2D eigenvalue weighted by Crippen LogP contribution is 2.28. The minimum absolute atomic E-state index is 0.0185. The van der Waals surface area contributed by atoms with Crippen LogP contribution in [0.1, 0.15) is 24.8 Å². The van der Waals surface area contributed by atoms with Crippen LogP contribution < -0.4 is 4.74 Å². The maximum atomic E-state index is 11.5. The predicted molar refractivity (Wildman–Crippen MR) is 73.3 cm³/mol. The first-order chi connectivity index (χ1) is 8.97. The van der Waals surface area contributed by atoms with E-state index in [-0.39, 0.29) is 16.7 Å². The Labute approximate surface area is 118 Å². The fourth-order valence-corrected chi connectivity index (χ4v) is 3.10. The fourth-order valence-electron chi connectivity index (χ4n) is 2.05. The molecule has 0 bridgehead atoms. The Hall–Kier alpha value is -0.780. The van der Waals surface area contributed by atoms with E-state index in [1.807, 2.05) is 0 Å². The van der Waals surface area contributed by atoms with E-state index < -0.39 is 9.05 Å². The monoisotopic (exact) mass is 304 g/mol. The summed E-state index contributed by atoms with van der Waals surface area (Å²) in [6.45, 7) is 2.89. The number of hydrogen-bond donors (Lipinski definition) is 0. The van der Waals surface area contributed by atoms with Gasteiger partial charge in [0, 0.05) is 17.3 Å². The van der Waals surface area contributed by atoms with Gasteiger partial charge in [-0.05, 0) is 43.9 Å². The van der Waals surface area contributed by atoms with Gasteiger partial charge < -0.3 is 9.47 Å². The molecule has 4 nitrogen and oxygen atoms in total. The number of ether oxygens (including phenoxy) is 2. The fraction of sp³-hybridized carbons (Fsp3) is 0.538. The largest absolute Gasteiger partial charge is 0.489 e. The Balaban J connectivity index is 2.11. The minimum atomic E-state index is -3.80. The Morgan fingerprint density at radius 3 is 2.84 bits per heavy atom. The highest BCUT2D eigenvalue weighted by atomic mass is 35.7. The normalized spacial score (nSPS) is 20.2. The van der Waals surface area contributed by atoms with Crippen molar-refractivity contribution in [3.8, 4) is 5.75 Å². The molecule has 106 valence electrons. The maximum Gasteiger partial charge on any atom is 0.264 e. The van der Waals surface area contributed by atoms with Crippen LogP contribution in [0.2, 0.25) is 0 Å². The molecule has 1 unspecified atom stereocenters. The van der Waals surface area contributed by atoms with Crippen molar-refractivity contribution >= 4 is 19.7 Å². The summed E-state index contributed by atoms with van der Waals surface area (Å²) in [6.07, 6.45) is 3.15. The molecule has 1 aliphatic heterocycles. The molecule has 0 aromatic heterocycles. The predicted octanol–water partition coefficient (Wildman–Crippen LogP) is 2.87. The van der Waals surface area contributed by atoms with Gasteiger partial charge in [-0.1, -0.05) is 6.07 Å². The van der Waals surface area contributed by atoms with Crippen LogP contribution in [0, 0.1) is 6.92 Å². The molecule has 0 saturated carbocycles. The van der Waals surface area contributed by atoms with Gasteiger partial charge in [-0.2, -0.15) is 0 Å². The van der Waals surface area contributed by atoms with Crippen LogP contribution in [0.5, 0.6) is 5.75 Å². The van der Waals surface area contributed by atoms with E-state index in [0.29, 0.717) is 6.61 Å². The summed E-state index contributed by atoms with van der Waals surface area (Å²) in [7, 11) is 1.62. The van der Waals surface area contributed by atoms with E-state index in [1.54, 1.807) is 19.1 Å². The van der Waals surface area contributed by atoms with Gasteiger partial charge in [0.1, 0.15) is 17.3 Å². The maximum absolute atomic E-state index is 11.5. The molecule has 0 N–H and O–H groups in total. The van der Waals surface area contributed by atoms with Gasteiger partial charge >= 0.3 is 0 Å². The van der Waals surface area contributed by atoms with E-state index in [2.05, 4.69) is 0 Å². The smallest absolute Gasteiger partial charge is 0.264 e. The van der Waals surface area contributed by atoms with Gasteiger partial charge in [-0.3, -0.25) is 0 Å². The van der Waals surface area contributed by atoms with Crippen molar-refractivity contribution in [2.24, 2.45) is 0 Å². The molecule has 1 saturated heterocycles. The van der Waals surface area contributed by atoms with Crippen molar-refractivity contribution in [2.75, 3.05) is 13.2 Å². The average Bonchev–Trinajstić information content (AvgIpc) is 2.37. The zero-order chi connectivity index (χ0) is 13.9. The molecule has 0 spiro atoms. The average molecular weight is 305 g/mol. The number of rotatable bonds is 4. The number of halogens is 1. The summed E-state index contributed by atoms with van der Waals surface area (Å²) in [5.41, 5.74) is 0.820. The van der Waals surface area contributed by atoms with Gasteiger partial charge in [0.25, 0.3) is 9.05 Å². The molecule has 6 heteroatoms. The zero-order valence-corrected chi connectivity index (χ0v) is 12.3. The minimum Gasteiger partial charge on any atom is -0.489 e. The summed E-state index contributed by atoms with van der Waals surface area (Å²) in [5.74, 6) is 0.287. The molecule has 1 aromatic rings. The van der Waals surface area contributed by atoms with E-state index in [4.69, 9.17) is 20.2 Å². The van der Waals surface area contributed by atoms with E-state index in [0.717, 1.165) is 31.4 Å². The second-order valence-electron chi connectivity index (χ2n) is 4.69. The molecular weight excluding hydrogens is 288 g/mol. The van der Waals surface area contributed by atoms with Gasteiger partial charge in [0.05, 0.1) is 6.10 Å². The highest BCUT2D eigenvalue weighted by molar-refractivity contribution is 8.13. The summed E-state index contributed by atoms with van der Waals surface area (Å²) in [4.78, 5) is 0.0185. The second-order valence-corrected chi connectivity index (χ2v) is 7.22. The van der Waals surface area contributed by atoms with Crippen LogP contribution >= 0.6 is 10.7 Å². The third-order valence-electron chi connectivity index (χ3n) is 3.06. The molecule has 0 aliphatic carbocycles. The molecule has 1 fully saturated rings. The SMILES string of the molecule is Cc1ccc(OCC2CCCCO2)c(S(=O)(=O)Cl)c1. The number of aryl methyl sites for hydroxylation is 1. The lowest BCUT2D eigenvalue weighted by molar-refractivity contribution is -0.0116. The zero-order valence-electron chi connectivity index (χ0n) is 10.8. The van der Waals surface area contributed by atoms with Crippen molar-refractivity contribution in [1.29, 1.82) is 0 Å². The van der Waals surface area contributed by atoms with Crippen LogP contribution in [0.3, 0.4) is 0 Å². The Morgan fingerprint density at radius 1 is 1.42 bits per heavy atom. The van der Waals surface area contributed by atoms with Crippen LogP contribution in [0.15, 0.2) is 23.1 Å². The first kappa shape index (κ1) is 14.6. The van der Waals surface area contributed by atoms with Gasteiger partial charge in [0.15, 0.2) is 0 Å². The molecule has 0 amide bonds. The summed E-state index contributed by atoms with van der Waals surface area (Å²) in [5, 5.41) is 0. The second kappa shape index (κ2) is 6.11. The molecule has 19 heavy (non-hydrogen) atoms. The van der Waals surface area contributed by atoms with Crippen LogP contribution in [-0.2, 0) is 13.8 Å². The molecule has 1 aliphatic rings. The highest BCUT2D eigenvalue weighted by Gasteiger charge is 2.19. The Bertz CT molecular complexity index is 536. The van der Waals surface area contributed by atoms with Crippen molar-refractivity contribution in [3.05, 3.63) is 23.8 Å². The standard InChI is InChI=1S/C13H17ClO4S/c1-10-5-6-12(13(8-10)19(14,15)16)18-9-11-4-2-3-7-17-11/h5-6,8,11H,2-4,7,9H2,1H3. The van der Waals surface area contributed by atoms with Crippen LogP contribution in [0.4, 0.5) is 0 Å². The molecule has 1 heterocycles. The molecule has 1 aromatic carbocycles. The Morgan fingerprint density at radius 2 is 2.21 bits per heavy atom. The number of benzene rings is 1. The van der Waals surface area contributed by atoms with Gasteiger partial charge in [-0.25, -0.2) is 8.42 Å². The lowest BCUT2D eigenvalue weighted by Crippen LogP contribution is -2.26. The van der Waals surface area contributed by atoms with Crippen molar-refractivity contribution in [1.82, 2.24) is 0 Å². The molecular formula is C13H17ClO4S. The molecule has 1 atom stereocenters. The number of hydrogen-bond acceptors (Lipinski definition) is 4. The van der Waals surface area contributed by atoms with Crippen LogP contribution in [-0.4, -0.2) is 27.7 Å². The van der Waals surface area contributed by atoms with Crippen molar-refractivity contribution < 1.29 is 17.9 Å². The topological polar surface area (TPSA) is 52.6 Å². The first-order valence-electron chi connectivity index (χ1n) is 6.26. The quantitative estimate of drug-likeness (QED) is 0.803. The van der Waals surface area contributed by atoms with E-state index in [9.17, 15) is 8.42 Å². The third-order valence-corrected chi connectivity index (χ3v) is 4.40. The Kier molecular flexibility index (Phi) is 4.71. The van der Waals surface area contributed by atoms with Gasteiger partial charge in [-0.15, -0.1) is 0 Å². The van der Waals surface area contributed by atoms with E-state index >= 15 is 0 Å². The van der Waals surface area contributed by atoms with Gasteiger partial charge in [0.2, 0.25) is 0 Å². The van der Waals surface area contributed by atoms with Crippen LogP contribution in [0.25, 0.3) is 0 Å².